The average Bonchev–Trinajstić information content (AvgIpc) is 2.41. The van der Waals surface area contributed by atoms with Gasteiger partial charge in [-0.3, -0.25) is 4.79 Å². The van der Waals surface area contributed by atoms with Crippen molar-refractivity contribution in [1.29, 1.82) is 0 Å². The molecule has 19 heavy (non-hydrogen) atoms. The van der Waals surface area contributed by atoms with Crippen molar-refractivity contribution in [3.05, 3.63) is 29.6 Å². The highest BCUT2D eigenvalue weighted by molar-refractivity contribution is 5.97. The molecule has 4 heteroatoms. The van der Waals surface area contributed by atoms with Gasteiger partial charge in [-0.2, -0.15) is 0 Å². The molecule has 0 radical (unpaired) electrons. The van der Waals surface area contributed by atoms with Crippen LogP contribution in [0.15, 0.2) is 18.2 Å². The maximum Gasteiger partial charge on any atom is 0.244 e. The van der Waals surface area contributed by atoms with Crippen LogP contribution in [0.1, 0.15) is 31.7 Å². The molecule has 0 saturated carbocycles. The van der Waals surface area contributed by atoms with Crippen LogP contribution in [0.5, 0.6) is 0 Å². The number of rotatable bonds is 4. The summed E-state index contributed by atoms with van der Waals surface area (Å²) in [5.74, 6) is -0.197. The van der Waals surface area contributed by atoms with Crippen LogP contribution >= 0.6 is 0 Å². The molecular weight excluding hydrogens is 243 g/mol. The predicted molar refractivity (Wildman–Crippen MR) is 74.8 cm³/mol. The third-order valence-electron chi connectivity index (χ3n) is 3.55. The first-order chi connectivity index (χ1) is 9.13. The maximum atomic E-state index is 13.6. The van der Waals surface area contributed by atoms with Crippen molar-refractivity contribution in [3.8, 4) is 0 Å². The lowest BCUT2D eigenvalue weighted by molar-refractivity contribution is -0.121. The van der Waals surface area contributed by atoms with Gasteiger partial charge in [0, 0.05) is 12.2 Å². The van der Waals surface area contributed by atoms with Gasteiger partial charge in [-0.1, -0.05) is 13.0 Å². The summed E-state index contributed by atoms with van der Waals surface area (Å²) in [6.07, 6.45) is 2.81. The molecule has 1 saturated heterocycles. The van der Waals surface area contributed by atoms with Gasteiger partial charge in [0.15, 0.2) is 0 Å². The van der Waals surface area contributed by atoms with Crippen molar-refractivity contribution < 1.29 is 9.18 Å². The second kappa shape index (κ2) is 6.15. The molecule has 0 aliphatic carbocycles. The van der Waals surface area contributed by atoms with Crippen LogP contribution in [0.25, 0.3) is 0 Å². The highest BCUT2D eigenvalue weighted by Crippen LogP contribution is 2.23. The first kappa shape index (κ1) is 14.0. The zero-order valence-corrected chi connectivity index (χ0v) is 11.6. The van der Waals surface area contributed by atoms with E-state index in [1.165, 1.54) is 6.07 Å². The Morgan fingerprint density at radius 2 is 2.26 bits per heavy atom. The number of nitrogens with zero attached hydrogens (tertiary/aromatic N) is 1. The Morgan fingerprint density at radius 1 is 1.47 bits per heavy atom. The third-order valence-corrected chi connectivity index (χ3v) is 3.55. The minimum absolute atomic E-state index is 0.0583. The van der Waals surface area contributed by atoms with Gasteiger partial charge in [-0.15, -0.1) is 0 Å². The SMILES string of the molecule is CCCNC1CCCN(c2ccc(C)c(F)c2)C1=O. The number of halogens is 1. The minimum atomic E-state index is -0.256. The van der Waals surface area contributed by atoms with E-state index in [9.17, 15) is 9.18 Å². The van der Waals surface area contributed by atoms with E-state index in [1.54, 1.807) is 17.9 Å². The molecule has 0 bridgehead atoms. The number of aryl methyl sites for hydroxylation is 1. The normalized spacial score (nSPS) is 19.8. The van der Waals surface area contributed by atoms with Crippen LogP contribution in [0.4, 0.5) is 10.1 Å². The van der Waals surface area contributed by atoms with Gasteiger partial charge >= 0.3 is 0 Å². The average molecular weight is 264 g/mol. The summed E-state index contributed by atoms with van der Waals surface area (Å²) in [5, 5.41) is 3.26. The Labute approximate surface area is 113 Å². The van der Waals surface area contributed by atoms with Crippen LogP contribution in [0.3, 0.4) is 0 Å². The lowest BCUT2D eigenvalue weighted by atomic mass is 10.0. The van der Waals surface area contributed by atoms with Crippen LogP contribution in [-0.4, -0.2) is 25.0 Å². The highest BCUT2D eigenvalue weighted by Gasteiger charge is 2.29. The van der Waals surface area contributed by atoms with Crippen molar-refractivity contribution in [2.45, 2.75) is 39.2 Å². The number of hydrogen-bond acceptors (Lipinski definition) is 2. The van der Waals surface area contributed by atoms with Crippen LogP contribution < -0.4 is 10.2 Å². The fourth-order valence-corrected chi connectivity index (χ4v) is 2.39. The van der Waals surface area contributed by atoms with E-state index >= 15 is 0 Å². The number of amides is 1. The van der Waals surface area contributed by atoms with Gasteiger partial charge < -0.3 is 10.2 Å². The van der Waals surface area contributed by atoms with E-state index in [0.29, 0.717) is 17.8 Å². The summed E-state index contributed by atoms with van der Waals surface area (Å²) in [6.45, 7) is 5.31. The van der Waals surface area contributed by atoms with E-state index in [1.807, 2.05) is 6.07 Å². The fraction of sp³-hybridized carbons (Fsp3) is 0.533. The molecule has 0 spiro atoms. The predicted octanol–water partition coefficient (Wildman–Crippen LogP) is 2.63. The summed E-state index contributed by atoms with van der Waals surface area (Å²) in [5.41, 5.74) is 1.27. The molecule has 2 rings (SSSR count). The number of benzene rings is 1. The minimum Gasteiger partial charge on any atom is -0.311 e. The Kier molecular flexibility index (Phi) is 4.53. The van der Waals surface area contributed by atoms with Crippen LogP contribution in [0.2, 0.25) is 0 Å². The van der Waals surface area contributed by atoms with Gasteiger partial charge in [0.2, 0.25) is 5.91 Å². The van der Waals surface area contributed by atoms with E-state index < -0.39 is 0 Å². The molecule has 1 aromatic rings. The smallest absolute Gasteiger partial charge is 0.244 e. The molecule has 1 aromatic carbocycles. The van der Waals surface area contributed by atoms with Gasteiger partial charge in [-0.05, 0) is 50.4 Å². The lowest BCUT2D eigenvalue weighted by Crippen LogP contribution is -2.51. The van der Waals surface area contributed by atoms with E-state index in [4.69, 9.17) is 0 Å². The monoisotopic (exact) mass is 264 g/mol. The zero-order chi connectivity index (χ0) is 13.8. The third kappa shape index (κ3) is 3.13. The first-order valence-corrected chi connectivity index (χ1v) is 6.94. The number of hydrogen-bond donors (Lipinski definition) is 1. The van der Waals surface area contributed by atoms with E-state index in [2.05, 4.69) is 12.2 Å². The lowest BCUT2D eigenvalue weighted by Gasteiger charge is -2.33. The van der Waals surface area contributed by atoms with Crippen LogP contribution in [-0.2, 0) is 4.79 Å². The van der Waals surface area contributed by atoms with Gasteiger partial charge in [-0.25, -0.2) is 4.39 Å². The largest absolute Gasteiger partial charge is 0.311 e. The topological polar surface area (TPSA) is 32.3 Å². The van der Waals surface area contributed by atoms with Crippen molar-refractivity contribution in [3.63, 3.8) is 0 Å². The van der Waals surface area contributed by atoms with Crippen LogP contribution in [0, 0.1) is 12.7 Å². The standard InChI is InChI=1S/C15H21FN2O/c1-3-8-17-14-5-4-9-18(15(14)19)12-7-6-11(2)13(16)10-12/h6-7,10,14,17H,3-5,8-9H2,1-2H3. The Bertz CT molecular complexity index is 461. The number of anilines is 1. The Hall–Kier alpha value is -1.42. The van der Waals surface area contributed by atoms with Crippen molar-refractivity contribution in [1.82, 2.24) is 5.32 Å². The molecule has 1 unspecified atom stereocenters. The molecule has 1 atom stereocenters. The molecule has 1 aliphatic rings. The van der Waals surface area contributed by atoms with Gasteiger partial charge in [0.1, 0.15) is 5.82 Å². The van der Waals surface area contributed by atoms with Gasteiger partial charge in [0.25, 0.3) is 0 Å². The summed E-state index contributed by atoms with van der Waals surface area (Å²) in [4.78, 5) is 14.1. The van der Waals surface area contributed by atoms with Crippen molar-refractivity contribution in [2.75, 3.05) is 18.0 Å². The second-order valence-electron chi connectivity index (χ2n) is 5.07. The number of piperidine rings is 1. The molecule has 1 fully saturated rings. The van der Waals surface area contributed by atoms with Crippen molar-refractivity contribution in [2.24, 2.45) is 0 Å². The quantitative estimate of drug-likeness (QED) is 0.906. The van der Waals surface area contributed by atoms with E-state index in [0.717, 1.165) is 25.8 Å². The number of carbonyl (C=O) groups excluding carboxylic acids is 1. The zero-order valence-electron chi connectivity index (χ0n) is 11.6. The summed E-state index contributed by atoms with van der Waals surface area (Å²) in [6, 6.07) is 4.87. The van der Waals surface area contributed by atoms with E-state index in [-0.39, 0.29) is 17.8 Å². The molecular formula is C15H21FN2O. The maximum absolute atomic E-state index is 13.6. The molecule has 0 aromatic heterocycles. The number of nitrogens with one attached hydrogen (secondary N) is 1. The molecule has 3 nitrogen and oxygen atoms in total. The first-order valence-electron chi connectivity index (χ1n) is 6.94. The van der Waals surface area contributed by atoms with Crippen molar-refractivity contribution >= 4 is 11.6 Å². The highest BCUT2D eigenvalue weighted by atomic mass is 19.1. The second-order valence-corrected chi connectivity index (χ2v) is 5.07. The summed E-state index contributed by atoms with van der Waals surface area (Å²) < 4.78 is 13.6. The molecule has 1 N–H and O–H groups in total. The molecule has 1 amide bonds. The fourth-order valence-electron chi connectivity index (χ4n) is 2.39. The number of carbonyl (C=O) groups is 1. The summed E-state index contributed by atoms with van der Waals surface area (Å²) >= 11 is 0. The molecule has 104 valence electrons. The van der Waals surface area contributed by atoms with Gasteiger partial charge in [0.05, 0.1) is 6.04 Å². The molecule has 1 aliphatic heterocycles. The molecule has 1 heterocycles. The Balaban J connectivity index is 2.14. The summed E-state index contributed by atoms with van der Waals surface area (Å²) in [7, 11) is 0. The Morgan fingerprint density at radius 3 is 2.95 bits per heavy atom.